The van der Waals surface area contributed by atoms with Gasteiger partial charge in [0, 0.05) is 18.3 Å². The van der Waals surface area contributed by atoms with Crippen LogP contribution in [0.2, 0.25) is 0 Å². The lowest BCUT2D eigenvalue weighted by Crippen LogP contribution is -2.23. The molecule has 0 fully saturated rings. The minimum absolute atomic E-state index is 0.672. The highest BCUT2D eigenvalue weighted by Gasteiger charge is 2.06. The number of hydrogen-bond acceptors (Lipinski definition) is 3. The van der Waals surface area contributed by atoms with Crippen molar-refractivity contribution in [2.24, 2.45) is 5.92 Å². The minimum Gasteiger partial charge on any atom is -0.310 e. The first-order valence-electron chi connectivity index (χ1n) is 5.89. The smallest absolute Gasteiger partial charge is 0.141 e. The molecular formula is C12H20ClN3. The molecule has 0 saturated carbocycles. The maximum atomic E-state index is 5.78. The Morgan fingerprint density at radius 2 is 2.06 bits per heavy atom. The Balaban J connectivity index is 2.22. The molecule has 1 heterocycles. The van der Waals surface area contributed by atoms with Gasteiger partial charge < -0.3 is 5.32 Å². The zero-order valence-electron chi connectivity index (χ0n) is 9.82. The van der Waals surface area contributed by atoms with E-state index in [0.717, 1.165) is 31.2 Å². The fourth-order valence-electron chi connectivity index (χ4n) is 1.72. The van der Waals surface area contributed by atoms with Crippen molar-refractivity contribution < 1.29 is 0 Å². The van der Waals surface area contributed by atoms with E-state index >= 15 is 0 Å². The van der Waals surface area contributed by atoms with Crippen LogP contribution in [0.3, 0.4) is 0 Å². The van der Waals surface area contributed by atoms with E-state index in [0.29, 0.717) is 5.92 Å². The van der Waals surface area contributed by atoms with Crippen molar-refractivity contribution >= 4 is 11.6 Å². The van der Waals surface area contributed by atoms with Crippen molar-refractivity contribution in [3.8, 4) is 0 Å². The van der Waals surface area contributed by atoms with Gasteiger partial charge in [0.05, 0.1) is 6.54 Å². The molecule has 1 N–H and O–H groups in total. The molecule has 0 radical (unpaired) electrons. The molecule has 0 aliphatic heterocycles. The molecular weight excluding hydrogens is 222 g/mol. The first kappa shape index (κ1) is 13.4. The van der Waals surface area contributed by atoms with Crippen molar-refractivity contribution in [1.82, 2.24) is 15.3 Å². The summed E-state index contributed by atoms with van der Waals surface area (Å²) in [6.45, 7) is 3.95. The van der Waals surface area contributed by atoms with Crippen molar-refractivity contribution in [1.29, 1.82) is 0 Å². The van der Waals surface area contributed by atoms with Gasteiger partial charge in [-0.2, -0.15) is 0 Å². The summed E-state index contributed by atoms with van der Waals surface area (Å²) >= 11 is 5.78. The average Bonchev–Trinajstić information content (AvgIpc) is 2.31. The van der Waals surface area contributed by atoms with Gasteiger partial charge in [0.25, 0.3) is 0 Å². The maximum Gasteiger partial charge on any atom is 0.141 e. The fourth-order valence-corrected chi connectivity index (χ4v) is 2.03. The van der Waals surface area contributed by atoms with Gasteiger partial charge >= 0.3 is 0 Å². The molecule has 1 aromatic heterocycles. The number of aromatic nitrogens is 2. The number of alkyl halides is 1. The van der Waals surface area contributed by atoms with Crippen molar-refractivity contribution in [3.63, 3.8) is 0 Å². The summed E-state index contributed by atoms with van der Waals surface area (Å²) in [6.07, 6.45) is 7.07. The van der Waals surface area contributed by atoms with Crippen molar-refractivity contribution in [3.05, 3.63) is 24.3 Å². The third kappa shape index (κ3) is 5.42. The largest absolute Gasteiger partial charge is 0.310 e. The Morgan fingerprint density at radius 1 is 1.31 bits per heavy atom. The minimum atomic E-state index is 0.672. The molecule has 0 aromatic carbocycles. The van der Waals surface area contributed by atoms with E-state index in [4.69, 9.17) is 11.6 Å². The summed E-state index contributed by atoms with van der Waals surface area (Å²) in [6, 6.07) is 1.83. The molecule has 0 aliphatic rings. The first-order valence-corrected chi connectivity index (χ1v) is 6.42. The van der Waals surface area contributed by atoms with Crippen LogP contribution in [0.4, 0.5) is 0 Å². The summed E-state index contributed by atoms with van der Waals surface area (Å²) < 4.78 is 0. The van der Waals surface area contributed by atoms with Crippen LogP contribution in [-0.4, -0.2) is 22.4 Å². The van der Waals surface area contributed by atoms with Crippen LogP contribution in [0.15, 0.2) is 18.5 Å². The Labute approximate surface area is 103 Å². The summed E-state index contributed by atoms with van der Waals surface area (Å²) in [7, 11) is 0. The van der Waals surface area contributed by atoms with E-state index in [1.54, 1.807) is 12.4 Å². The van der Waals surface area contributed by atoms with Crippen LogP contribution in [0.5, 0.6) is 0 Å². The standard InChI is InChI=1S/C12H20ClN3/c1-2-4-11(5-6-13)9-14-10-12-15-7-3-8-16-12/h3,7-8,11,14H,2,4-6,9-10H2,1H3. The second-order valence-electron chi connectivity index (χ2n) is 3.93. The monoisotopic (exact) mass is 241 g/mol. The van der Waals surface area contributed by atoms with Gasteiger partial charge in [-0.15, -0.1) is 11.6 Å². The van der Waals surface area contributed by atoms with Crippen molar-refractivity contribution in [2.45, 2.75) is 32.7 Å². The quantitative estimate of drug-likeness (QED) is 0.711. The van der Waals surface area contributed by atoms with E-state index in [-0.39, 0.29) is 0 Å². The van der Waals surface area contributed by atoms with Crippen LogP contribution in [-0.2, 0) is 6.54 Å². The molecule has 1 aromatic rings. The van der Waals surface area contributed by atoms with Crippen LogP contribution < -0.4 is 5.32 Å². The van der Waals surface area contributed by atoms with Crippen LogP contribution in [0, 0.1) is 5.92 Å². The summed E-state index contributed by atoms with van der Waals surface area (Å²) in [5.74, 6) is 2.27. The Hall–Kier alpha value is -0.670. The molecule has 0 saturated heterocycles. The van der Waals surface area contributed by atoms with Crippen LogP contribution in [0.1, 0.15) is 32.0 Å². The van der Waals surface area contributed by atoms with Gasteiger partial charge in [0.1, 0.15) is 5.82 Å². The molecule has 0 amide bonds. The van der Waals surface area contributed by atoms with Gasteiger partial charge in [-0.3, -0.25) is 0 Å². The Morgan fingerprint density at radius 3 is 2.69 bits per heavy atom. The first-order chi connectivity index (χ1) is 7.86. The van der Waals surface area contributed by atoms with E-state index < -0.39 is 0 Å². The van der Waals surface area contributed by atoms with Gasteiger partial charge in [-0.25, -0.2) is 9.97 Å². The number of nitrogens with zero attached hydrogens (tertiary/aromatic N) is 2. The van der Waals surface area contributed by atoms with E-state index in [2.05, 4.69) is 22.2 Å². The molecule has 1 rings (SSSR count). The molecule has 3 nitrogen and oxygen atoms in total. The van der Waals surface area contributed by atoms with Gasteiger partial charge in [-0.1, -0.05) is 13.3 Å². The highest BCUT2D eigenvalue weighted by molar-refractivity contribution is 6.17. The zero-order chi connectivity index (χ0) is 11.6. The lowest BCUT2D eigenvalue weighted by molar-refractivity contribution is 0.427. The lowest BCUT2D eigenvalue weighted by Gasteiger charge is -2.14. The normalized spacial score (nSPS) is 12.6. The van der Waals surface area contributed by atoms with Gasteiger partial charge in [0.2, 0.25) is 0 Å². The molecule has 0 aliphatic carbocycles. The molecule has 16 heavy (non-hydrogen) atoms. The second kappa shape index (κ2) is 8.48. The summed E-state index contributed by atoms with van der Waals surface area (Å²) in [5.41, 5.74) is 0. The SMILES string of the molecule is CCCC(CCCl)CNCc1ncccn1. The third-order valence-corrected chi connectivity index (χ3v) is 2.77. The second-order valence-corrected chi connectivity index (χ2v) is 4.31. The number of rotatable bonds is 8. The predicted octanol–water partition coefficient (Wildman–Crippen LogP) is 2.61. The fraction of sp³-hybridized carbons (Fsp3) is 0.667. The third-order valence-electron chi connectivity index (χ3n) is 2.55. The Kier molecular flexibility index (Phi) is 7.10. The van der Waals surface area contributed by atoms with E-state index in [9.17, 15) is 0 Å². The molecule has 0 spiro atoms. The summed E-state index contributed by atoms with van der Waals surface area (Å²) in [4.78, 5) is 8.34. The number of nitrogens with one attached hydrogen (secondary N) is 1. The topological polar surface area (TPSA) is 37.8 Å². The molecule has 4 heteroatoms. The Bertz CT molecular complexity index is 260. The molecule has 0 bridgehead atoms. The maximum absolute atomic E-state index is 5.78. The predicted molar refractivity (Wildman–Crippen MR) is 67.5 cm³/mol. The molecule has 90 valence electrons. The highest BCUT2D eigenvalue weighted by atomic mass is 35.5. The van der Waals surface area contributed by atoms with Gasteiger partial charge in [-0.05, 0) is 31.4 Å². The average molecular weight is 242 g/mol. The molecule has 1 atom stereocenters. The van der Waals surface area contributed by atoms with Crippen molar-refractivity contribution in [2.75, 3.05) is 12.4 Å². The lowest BCUT2D eigenvalue weighted by atomic mass is 10.0. The van der Waals surface area contributed by atoms with Gasteiger partial charge in [0.15, 0.2) is 0 Å². The van der Waals surface area contributed by atoms with Crippen LogP contribution >= 0.6 is 11.6 Å². The number of halogens is 1. The van der Waals surface area contributed by atoms with Crippen LogP contribution in [0.25, 0.3) is 0 Å². The highest BCUT2D eigenvalue weighted by Crippen LogP contribution is 2.10. The van der Waals surface area contributed by atoms with E-state index in [1.807, 2.05) is 6.07 Å². The zero-order valence-corrected chi connectivity index (χ0v) is 10.6. The van der Waals surface area contributed by atoms with E-state index in [1.165, 1.54) is 12.8 Å². The summed E-state index contributed by atoms with van der Waals surface area (Å²) in [5, 5.41) is 3.39. The molecule has 1 unspecified atom stereocenters. The number of hydrogen-bond donors (Lipinski definition) is 1.